The molecule has 1 N–H and O–H groups in total. The molecule has 116 valence electrons. The van der Waals surface area contributed by atoms with Crippen LogP contribution in [0.15, 0.2) is 24.3 Å². The topological polar surface area (TPSA) is 38.3 Å². The Bertz CT molecular complexity index is 468. The zero-order valence-corrected chi connectivity index (χ0v) is 14.4. The number of hydrogen-bond acceptors (Lipinski definition) is 2. The van der Waals surface area contributed by atoms with Gasteiger partial charge in [-0.3, -0.25) is 4.79 Å². The Balaban J connectivity index is 1.85. The first-order chi connectivity index (χ1) is 10.0. The van der Waals surface area contributed by atoms with Gasteiger partial charge in [0.25, 0.3) is 5.91 Å². The van der Waals surface area contributed by atoms with Gasteiger partial charge in [0.2, 0.25) is 0 Å². The third-order valence-corrected chi connectivity index (χ3v) is 4.71. The minimum Gasteiger partial charge on any atom is -0.491 e. The van der Waals surface area contributed by atoms with Crippen LogP contribution in [0.4, 0.5) is 0 Å². The minimum absolute atomic E-state index is 0.00910. The summed E-state index contributed by atoms with van der Waals surface area (Å²) < 4.78 is 5.63. The van der Waals surface area contributed by atoms with Crippen LogP contribution in [0.5, 0.6) is 5.75 Å². The van der Waals surface area contributed by atoms with Crippen molar-refractivity contribution in [3.05, 3.63) is 29.8 Å². The van der Waals surface area contributed by atoms with Gasteiger partial charge in [-0.2, -0.15) is 0 Å². The number of ether oxygens (including phenoxy) is 1. The lowest BCUT2D eigenvalue weighted by Gasteiger charge is -2.25. The van der Waals surface area contributed by atoms with Gasteiger partial charge in [0.05, 0.1) is 6.10 Å². The Morgan fingerprint density at radius 3 is 2.71 bits per heavy atom. The number of halogens is 1. The van der Waals surface area contributed by atoms with Crippen LogP contribution in [0.2, 0.25) is 0 Å². The summed E-state index contributed by atoms with van der Waals surface area (Å²) in [5.74, 6) is 1.35. The number of carbonyl (C=O) groups is 1. The first kappa shape index (κ1) is 16.3. The molecule has 1 aromatic carbocycles. The SMILES string of the molecule is CC(C)Oc1cccc(C(=O)NCC2CCC(Br)CC2)c1. The third kappa shape index (κ3) is 5.34. The van der Waals surface area contributed by atoms with Crippen molar-refractivity contribution in [2.45, 2.75) is 50.5 Å². The highest BCUT2D eigenvalue weighted by molar-refractivity contribution is 9.09. The summed E-state index contributed by atoms with van der Waals surface area (Å²) >= 11 is 3.66. The Morgan fingerprint density at radius 2 is 2.05 bits per heavy atom. The van der Waals surface area contributed by atoms with Crippen molar-refractivity contribution >= 4 is 21.8 Å². The first-order valence-corrected chi connectivity index (χ1v) is 8.65. The molecule has 0 aromatic heterocycles. The first-order valence-electron chi connectivity index (χ1n) is 7.73. The van der Waals surface area contributed by atoms with Crippen LogP contribution in [0.1, 0.15) is 49.9 Å². The highest BCUT2D eigenvalue weighted by atomic mass is 79.9. The van der Waals surface area contributed by atoms with Gasteiger partial charge >= 0.3 is 0 Å². The Hall–Kier alpha value is -1.03. The third-order valence-electron chi connectivity index (χ3n) is 3.80. The van der Waals surface area contributed by atoms with Crippen LogP contribution in [0.25, 0.3) is 0 Å². The van der Waals surface area contributed by atoms with E-state index in [4.69, 9.17) is 4.74 Å². The second kappa shape index (κ2) is 7.83. The summed E-state index contributed by atoms with van der Waals surface area (Å²) in [5.41, 5.74) is 0.669. The number of alkyl halides is 1. The van der Waals surface area contributed by atoms with Gasteiger partial charge in [-0.15, -0.1) is 0 Å². The molecule has 3 nitrogen and oxygen atoms in total. The van der Waals surface area contributed by atoms with Crippen LogP contribution >= 0.6 is 15.9 Å². The number of carbonyl (C=O) groups excluding carboxylic acids is 1. The van der Waals surface area contributed by atoms with Crippen LogP contribution in [0.3, 0.4) is 0 Å². The fourth-order valence-electron chi connectivity index (χ4n) is 2.65. The van der Waals surface area contributed by atoms with Gasteiger partial charge in [0.15, 0.2) is 0 Å². The lowest BCUT2D eigenvalue weighted by Crippen LogP contribution is -2.31. The number of rotatable bonds is 5. The molecule has 4 heteroatoms. The summed E-state index contributed by atoms with van der Waals surface area (Å²) in [4.78, 5) is 12.9. The van der Waals surface area contributed by atoms with E-state index in [0.717, 1.165) is 12.3 Å². The lowest BCUT2D eigenvalue weighted by atomic mass is 9.89. The Labute approximate surface area is 135 Å². The summed E-state index contributed by atoms with van der Waals surface area (Å²) in [7, 11) is 0. The molecule has 1 aliphatic rings. The average molecular weight is 354 g/mol. The molecule has 1 saturated carbocycles. The fourth-order valence-corrected chi connectivity index (χ4v) is 3.18. The van der Waals surface area contributed by atoms with Crippen molar-refractivity contribution in [1.82, 2.24) is 5.32 Å². The molecule has 0 saturated heterocycles. The molecule has 0 aliphatic heterocycles. The van der Waals surface area contributed by atoms with Gasteiger partial charge in [-0.1, -0.05) is 22.0 Å². The van der Waals surface area contributed by atoms with Gasteiger partial charge in [-0.05, 0) is 63.6 Å². The maximum absolute atomic E-state index is 12.2. The zero-order valence-electron chi connectivity index (χ0n) is 12.8. The van der Waals surface area contributed by atoms with E-state index in [1.54, 1.807) is 0 Å². The quantitative estimate of drug-likeness (QED) is 0.807. The summed E-state index contributed by atoms with van der Waals surface area (Å²) in [6, 6.07) is 7.39. The molecule has 0 atom stereocenters. The number of hydrogen-bond donors (Lipinski definition) is 1. The van der Waals surface area contributed by atoms with Gasteiger partial charge in [-0.25, -0.2) is 0 Å². The predicted molar refractivity (Wildman–Crippen MR) is 89.2 cm³/mol. The molecule has 1 fully saturated rings. The van der Waals surface area contributed by atoms with E-state index < -0.39 is 0 Å². The van der Waals surface area contributed by atoms with E-state index in [2.05, 4.69) is 21.2 Å². The summed E-state index contributed by atoms with van der Waals surface area (Å²) in [6.07, 6.45) is 4.90. The molecule has 1 aliphatic carbocycles. The lowest BCUT2D eigenvalue weighted by molar-refractivity contribution is 0.0943. The van der Waals surface area contributed by atoms with E-state index in [1.165, 1.54) is 25.7 Å². The van der Waals surface area contributed by atoms with E-state index in [9.17, 15) is 4.79 Å². The van der Waals surface area contributed by atoms with E-state index in [1.807, 2.05) is 38.1 Å². The van der Waals surface area contributed by atoms with Crippen molar-refractivity contribution in [1.29, 1.82) is 0 Å². The molecule has 0 bridgehead atoms. The minimum atomic E-state index is -0.00910. The van der Waals surface area contributed by atoms with Crippen LogP contribution in [0, 0.1) is 5.92 Å². The smallest absolute Gasteiger partial charge is 0.251 e. The molecule has 2 rings (SSSR count). The molecular formula is C17H24BrNO2. The second-order valence-electron chi connectivity index (χ2n) is 6.02. The second-order valence-corrected chi connectivity index (χ2v) is 7.32. The molecule has 21 heavy (non-hydrogen) atoms. The zero-order chi connectivity index (χ0) is 15.2. The molecule has 0 heterocycles. The molecular weight excluding hydrogens is 330 g/mol. The number of benzene rings is 1. The van der Waals surface area contributed by atoms with Crippen LogP contribution in [-0.2, 0) is 0 Å². The Morgan fingerprint density at radius 1 is 1.33 bits per heavy atom. The molecule has 0 radical (unpaired) electrons. The van der Waals surface area contributed by atoms with E-state index >= 15 is 0 Å². The highest BCUT2D eigenvalue weighted by Gasteiger charge is 2.19. The van der Waals surface area contributed by atoms with Gasteiger partial charge in [0, 0.05) is 16.9 Å². The maximum Gasteiger partial charge on any atom is 0.251 e. The molecule has 0 unspecified atom stereocenters. The number of amides is 1. The molecule has 0 spiro atoms. The van der Waals surface area contributed by atoms with Gasteiger partial charge < -0.3 is 10.1 Å². The molecule has 1 amide bonds. The van der Waals surface area contributed by atoms with Crippen molar-refractivity contribution in [3.63, 3.8) is 0 Å². The average Bonchev–Trinajstić information content (AvgIpc) is 2.46. The van der Waals surface area contributed by atoms with Crippen molar-refractivity contribution in [2.75, 3.05) is 6.54 Å². The monoisotopic (exact) mass is 353 g/mol. The largest absolute Gasteiger partial charge is 0.491 e. The standard InChI is InChI=1S/C17H24BrNO2/c1-12(2)21-16-5-3-4-14(10-16)17(20)19-11-13-6-8-15(18)9-7-13/h3-5,10,12-13,15H,6-9,11H2,1-2H3,(H,19,20). The van der Waals surface area contributed by atoms with Crippen LogP contribution < -0.4 is 10.1 Å². The highest BCUT2D eigenvalue weighted by Crippen LogP contribution is 2.28. The van der Waals surface area contributed by atoms with Crippen molar-refractivity contribution in [3.8, 4) is 5.75 Å². The Kier molecular flexibility index (Phi) is 6.09. The van der Waals surface area contributed by atoms with Gasteiger partial charge in [0.1, 0.15) is 5.75 Å². The van der Waals surface area contributed by atoms with Crippen molar-refractivity contribution < 1.29 is 9.53 Å². The predicted octanol–water partition coefficient (Wildman–Crippen LogP) is 4.16. The van der Waals surface area contributed by atoms with Crippen molar-refractivity contribution in [2.24, 2.45) is 5.92 Å². The van der Waals surface area contributed by atoms with E-state index in [0.29, 0.717) is 16.3 Å². The number of nitrogens with one attached hydrogen (secondary N) is 1. The normalized spacial score (nSPS) is 22.1. The van der Waals surface area contributed by atoms with Crippen LogP contribution in [-0.4, -0.2) is 23.4 Å². The molecule has 1 aromatic rings. The summed E-state index contributed by atoms with van der Waals surface area (Å²) in [5, 5.41) is 3.05. The van der Waals surface area contributed by atoms with E-state index in [-0.39, 0.29) is 12.0 Å². The summed E-state index contributed by atoms with van der Waals surface area (Å²) in [6.45, 7) is 4.73. The fraction of sp³-hybridized carbons (Fsp3) is 0.588. The maximum atomic E-state index is 12.2.